The molecule has 0 radical (unpaired) electrons. The number of hydrogen-bond acceptors (Lipinski definition) is 8. The van der Waals surface area contributed by atoms with E-state index in [9.17, 15) is 19.5 Å². The first-order valence-corrected chi connectivity index (χ1v) is 20.0. The van der Waals surface area contributed by atoms with Gasteiger partial charge < -0.3 is 35.8 Å². The molecule has 55 heavy (non-hydrogen) atoms. The highest BCUT2D eigenvalue weighted by molar-refractivity contribution is 6.42. The van der Waals surface area contributed by atoms with Crippen molar-refractivity contribution < 1.29 is 29.0 Å². The van der Waals surface area contributed by atoms with Gasteiger partial charge in [0.1, 0.15) is 5.75 Å². The lowest BCUT2D eigenvalue weighted by Gasteiger charge is -2.36. The first kappa shape index (κ1) is 43.9. The topological polar surface area (TPSA) is 146 Å². The van der Waals surface area contributed by atoms with Gasteiger partial charge in [0.2, 0.25) is 11.8 Å². The maximum absolute atomic E-state index is 14.5. The molecule has 3 amide bonds. The van der Waals surface area contributed by atoms with Crippen LogP contribution in [0.15, 0.2) is 60.7 Å². The lowest BCUT2D eigenvalue weighted by molar-refractivity contribution is -0.116. The number of nitrogens with zero attached hydrogens (tertiary/aromatic N) is 2. The number of halogens is 2. The Morgan fingerprint density at radius 2 is 1.71 bits per heavy atom. The summed E-state index contributed by atoms with van der Waals surface area (Å²) in [5.74, 6) is -0.279. The molecule has 0 bridgehead atoms. The summed E-state index contributed by atoms with van der Waals surface area (Å²) in [7, 11) is 2.02. The van der Waals surface area contributed by atoms with E-state index in [0.29, 0.717) is 90.3 Å². The van der Waals surface area contributed by atoms with Crippen LogP contribution >= 0.6 is 23.2 Å². The molecule has 0 saturated heterocycles. The normalized spacial score (nSPS) is 18.9. The number of amides is 3. The van der Waals surface area contributed by atoms with E-state index in [1.165, 1.54) is 0 Å². The lowest BCUT2D eigenvalue weighted by Crippen LogP contribution is -2.47. The van der Waals surface area contributed by atoms with Gasteiger partial charge in [-0.1, -0.05) is 54.7 Å². The van der Waals surface area contributed by atoms with Gasteiger partial charge in [0.25, 0.3) is 5.91 Å². The Morgan fingerprint density at radius 3 is 2.42 bits per heavy atom. The first-order chi connectivity index (χ1) is 26.3. The monoisotopic (exact) mass is 797 g/mol. The van der Waals surface area contributed by atoms with Gasteiger partial charge in [0, 0.05) is 50.7 Å². The zero-order valence-corrected chi connectivity index (χ0v) is 34.0. The van der Waals surface area contributed by atoms with E-state index in [-0.39, 0.29) is 48.9 Å². The fraction of sp³-hybridized carbons (Fsp3) is 0.500. The number of hydrogen-bond donors (Lipinski definition) is 4. The Hall–Kier alpha value is -3.87. The number of nitrogens with two attached hydrogens (primary N) is 1. The molecule has 0 fully saturated rings. The number of carbonyl (C=O) groups excluding carboxylic acids is 3. The number of ether oxygens (including phenoxy) is 2. The molecular weight excluding hydrogens is 741 g/mol. The number of nitrogens with one attached hydrogen (secondary N) is 2. The molecular formula is C42H57Cl2N5O6. The Balaban J connectivity index is 1.43. The third-order valence-corrected chi connectivity index (χ3v) is 10.5. The number of nitrogen functional groups attached to an aromatic ring is 1. The number of unbranched alkanes of at least 4 members (excludes halogenated alkanes) is 2. The summed E-state index contributed by atoms with van der Waals surface area (Å²) < 4.78 is 12.8. The smallest absolute Gasteiger partial charge is 0.258 e. The Labute approximate surface area is 335 Å². The number of carbonyl (C=O) groups is 3. The summed E-state index contributed by atoms with van der Waals surface area (Å²) in [6.45, 7) is 7.78. The average Bonchev–Trinajstić information content (AvgIpc) is 3.15. The van der Waals surface area contributed by atoms with Crippen molar-refractivity contribution in [2.24, 2.45) is 5.92 Å². The van der Waals surface area contributed by atoms with Gasteiger partial charge >= 0.3 is 0 Å². The van der Waals surface area contributed by atoms with E-state index in [4.69, 9.17) is 38.4 Å². The molecule has 0 unspecified atom stereocenters. The van der Waals surface area contributed by atoms with E-state index in [1.807, 2.05) is 45.2 Å². The van der Waals surface area contributed by atoms with Crippen molar-refractivity contribution in [2.45, 2.75) is 96.9 Å². The van der Waals surface area contributed by atoms with Crippen LogP contribution in [0, 0.1) is 5.92 Å². The molecule has 13 heteroatoms. The second-order valence-corrected chi connectivity index (χ2v) is 15.5. The predicted octanol–water partition coefficient (Wildman–Crippen LogP) is 8.03. The van der Waals surface area contributed by atoms with Crippen molar-refractivity contribution in [2.75, 3.05) is 49.7 Å². The van der Waals surface area contributed by atoms with Gasteiger partial charge in [-0.15, -0.1) is 0 Å². The van der Waals surface area contributed by atoms with Crippen LogP contribution in [-0.4, -0.2) is 84.2 Å². The summed E-state index contributed by atoms with van der Waals surface area (Å²) in [5.41, 5.74) is 8.83. The predicted molar refractivity (Wildman–Crippen MR) is 221 cm³/mol. The van der Waals surface area contributed by atoms with Gasteiger partial charge in [-0.25, -0.2) is 0 Å². The standard InChI is InChI=1S/C42H57Cl2N5O6/c1-28-24-49(29(2)27-50)42(53)33-23-32(46-40(51)15-6-5-7-16-41(52)47-37-14-9-8-13-36(37)45)18-20-38(33)55-30(3)12-10-11-21-54-39(28)26-48(4)25-31-17-19-34(43)35(44)22-31/h8-9,13-14,17-20,22-23,28-30,39,50H,5-7,10-12,15-16,21,24-27,45H2,1-4H3,(H,46,51)(H,47,52)/t28-,29-,30+,39+/m1/s1. The van der Waals surface area contributed by atoms with Gasteiger partial charge in [0.05, 0.1) is 51.8 Å². The summed E-state index contributed by atoms with van der Waals surface area (Å²) in [4.78, 5) is 43.7. The fourth-order valence-electron chi connectivity index (χ4n) is 6.58. The first-order valence-electron chi connectivity index (χ1n) is 19.2. The fourth-order valence-corrected chi connectivity index (χ4v) is 6.90. The van der Waals surface area contributed by atoms with Gasteiger partial charge in [-0.2, -0.15) is 0 Å². The third kappa shape index (κ3) is 14.0. The average molecular weight is 799 g/mol. The molecule has 1 aliphatic heterocycles. The molecule has 11 nitrogen and oxygen atoms in total. The number of anilines is 3. The molecule has 1 aliphatic rings. The molecule has 4 atom stereocenters. The highest BCUT2D eigenvalue weighted by Crippen LogP contribution is 2.29. The van der Waals surface area contributed by atoms with Crippen LogP contribution in [0.3, 0.4) is 0 Å². The van der Waals surface area contributed by atoms with E-state index in [1.54, 1.807) is 41.3 Å². The van der Waals surface area contributed by atoms with E-state index in [2.05, 4.69) is 22.5 Å². The Kier molecular flexibility index (Phi) is 17.6. The van der Waals surface area contributed by atoms with Crippen LogP contribution in [0.4, 0.5) is 17.1 Å². The minimum Gasteiger partial charge on any atom is -0.490 e. The van der Waals surface area contributed by atoms with Crippen molar-refractivity contribution in [1.29, 1.82) is 0 Å². The minimum absolute atomic E-state index is 0.0918. The summed E-state index contributed by atoms with van der Waals surface area (Å²) in [6.07, 6.45) is 4.66. The van der Waals surface area contributed by atoms with Gasteiger partial charge in [-0.05, 0) is 101 Å². The van der Waals surface area contributed by atoms with Crippen molar-refractivity contribution in [3.05, 3.63) is 81.8 Å². The number of para-hydroxylation sites is 2. The molecule has 0 saturated carbocycles. The van der Waals surface area contributed by atoms with E-state index in [0.717, 1.165) is 24.8 Å². The maximum Gasteiger partial charge on any atom is 0.258 e. The molecule has 1 heterocycles. The molecule has 4 rings (SSSR count). The molecule has 0 aromatic heterocycles. The zero-order chi connectivity index (χ0) is 39.9. The molecule has 3 aromatic rings. The molecule has 5 N–H and O–H groups in total. The Bertz CT molecular complexity index is 1730. The van der Waals surface area contributed by atoms with Crippen molar-refractivity contribution >= 4 is 58.0 Å². The summed E-state index contributed by atoms with van der Waals surface area (Å²) >= 11 is 12.4. The van der Waals surface area contributed by atoms with Crippen LogP contribution < -0.4 is 21.1 Å². The van der Waals surface area contributed by atoms with Crippen LogP contribution in [0.5, 0.6) is 5.75 Å². The van der Waals surface area contributed by atoms with Crippen molar-refractivity contribution in [3.8, 4) is 5.75 Å². The maximum atomic E-state index is 14.5. The SMILES string of the molecule is C[C@@H]1CN([C@H](C)CO)C(=O)c2cc(NC(=O)CCCCCC(=O)Nc3ccccc3N)ccc2O[C@@H](C)CCCCO[C@H]1CN(C)Cc1ccc(Cl)c(Cl)c1. The number of benzene rings is 3. The van der Waals surface area contributed by atoms with Crippen LogP contribution in [0.1, 0.15) is 88.1 Å². The Morgan fingerprint density at radius 1 is 0.982 bits per heavy atom. The van der Waals surface area contributed by atoms with Gasteiger partial charge in [0.15, 0.2) is 0 Å². The number of fused-ring (bicyclic) bond motifs is 1. The number of rotatable bonds is 14. The largest absolute Gasteiger partial charge is 0.490 e. The third-order valence-electron chi connectivity index (χ3n) is 9.81. The van der Waals surface area contributed by atoms with Crippen LogP contribution in [0.2, 0.25) is 10.0 Å². The number of aliphatic hydroxyl groups is 1. The van der Waals surface area contributed by atoms with Crippen molar-refractivity contribution in [1.82, 2.24) is 9.80 Å². The van der Waals surface area contributed by atoms with E-state index >= 15 is 0 Å². The molecule has 300 valence electrons. The van der Waals surface area contributed by atoms with Crippen LogP contribution in [0.25, 0.3) is 0 Å². The van der Waals surface area contributed by atoms with Gasteiger partial charge in [-0.3, -0.25) is 19.3 Å². The number of aliphatic hydroxyl groups excluding tert-OH is 1. The molecule has 3 aromatic carbocycles. The molecule has 0 spiro atoms. The molecule has 0 aliphatic carbocycles. The summed E-state index contributed by atoms with van der Waals surface area (Å²) in [6, 6.07) is 17.4. The minimum atomic E-state index is -0.493. The lowest BCUT2D eigenvalue weighted by atomic mass is 10.0. The zero-order valence-electron chi connectivity index (χ0n) is 32.5. The quantitative estimate of drug-likeness (QED) is 0.0948. The number of likely N-dealkylation sites (N-methyl/N-ethyl adjacent to an activating group) is 1. The van der Waals surface area contributed by atoms with Crippen molar-refractivity contribution in [3.63, 3.8) is 0 Å². The second kappa shape index (κ2) is 22.0. The van der Waals surface area contributed by atoms with E-state index < -0.39 is 6.04 Å². The summed E-state index contributed by atoms with van der Waals surface area (Å²) in [5, 5.41) is 17.1. The second-order valence-electron chi connectivity index (χ2n) is 14.7. The van der Waals surface area contributed by atoms with Crippen LogP contribution in [-0.2, 0) is 20.9 Å². The highest BCUT2D eigenvalue weighted by Gasteiger charge is 2.30. The highest BCUT2D eigenvalue weighted by atomic mass is 35.5.